The minimum atomic E-state index is 0.194. The predicted molar refractivity (Wildman–Crippen MR) is 64.9 cm³/mol. The highest BCUT2D eigenvalue weighted by molar-refractivity contribution is 5.78. The number of aliphatic hydroxyl groups is 1. The number of aliphatic hydroxyl groups excluding tert-OH is 1. The number of nitrogens with zero attached hydrogens (tertiary/aromatic N) is 1. The van der Waals surface area contributed by atoms with E-state index in [0.29, 0.717) is 6.42 Å². The Morgan fingerprint density at radius 3 is 2.88 bits per heavy atom. The van der Waals surface area contributed by atoms with Crippen molar-refractivity contribution in [1.29, 1.82) is 0 Å². The van der Waals surface area contributed by atoms with Crippen LogP contribution in [0.3, 0.4) is 0 Å². The average molecular weight is 211 g/mol. The second-order valence-corrected chi connectivity index (χ2v) is 3.52. The molecular weight excluding hydrogens is 198 g/mol. The van der Waals surface area contributed by atoms with Crippen molar-refractivity contribution < 1.29 is 5.11 Å². The zero-order chi connectivity index (χ0) is 11.2. The van der Waals surface area contributed by atoms with Crippen LogP contribution in [0.4, 0.5) is 0 Å². The van der Waals surface area contributed by atoms with Crippen LogP contribution in [0, 0.1) is 11.8 Å². The quantitative estimate of drug-likeness (QED) is 0.611. The third kappa shape index (κ3) is 2.59. The number of pyridine rings is 1. The van der Waals surface area contributed by atoms with E-state index < -0.39 is 0 Å². The molecule has 80 valence electrons. The molecule has 0 atom stereocenters. The van der Waals surface area contributed by atoms with E-state index in [9.17, 15) is 0 Å². The Morgan fingerprint density at radius 1 is 1.12 bits per heavy atom. The summed E-state index contributed by atoms with van der Waals surface area (Å²) in [7, 11) is 0. The fourth-order valence-electron chi connectivity index (χ4n) is 1.46. The maximum Gasteiger partial charge on any atom is 0.113 e. The van der Waals surface area contributed by atoms with Crippen LogP contribution in [0.25, 0.3) is 10.9 Å². The number of para-hydroxylation sites is 1. The van der Waals surface area contributed by atoms with Crippen molar-refractivity contribution in [2.24, 2.45) is 0 Å². The van der Waals surface area contributed by atoms with E-state index >= 15 is 0 Å². The van der Waals surface area contributed by atoms with E-state index in [4.69, 9.17) is 5.11 Å². The average Bonchev–Trinajstić information content (AvgIpc) is 2.34. The van der Waals surface area contributed by atoms with Gasteiger partial charge in [0.1, 0.15) is 5.69 Å². The molecular formula is C14H13NO. The van der Waals surface area contributed by atoms with Crippen LogP contribution >= 0.6 is 0 Å². The van der Waals surface area contributed by atoms with Crippen molar-refractivity contribution in [3.05, 3.63) is 42.1 Å². The lowest BCUT2D eigenvalue weighted by Gasteiger charge is -1.96. The standard InChI is InChI=1S/C14H13NO/c16-11-5-1-2-7-13-10-9-12-6-3-4-8-14(12)15-13/h3-4,6,8-10,16H,1,5,11H2. The molecule has 1 aromatic heterocycles. The van der Waals surface area contributed by atoms with E-state index in [1.807, 2.05) is 36.4 Å². The second-order valence-electron chi connectivity index (χ2n) is 3.52. The molecule has 1 N–H and O–H groups in total. The third-order valence-electron chi connectivity index (χ3n) is 2.27. The zero-order valence-electron chi connectivity index (χ0n) is 8.98. The van der Waals surface area contributed by atoms with Gasteiger partial charge in [-0.05, 0) is 24.5 Å². The first-order valence-electron chi connectivity index (χ1n) is 5.36. The van der Waals surface area contributed by atoms with Crippen molar-refractivity contribution in [1.82, 2.24) is 4.98 Å². The molecule has 0 fully saturated rings. The summed E-state index contributed by atoms with van der Waals surface area (Å²) in [5, 5.41) is 9.75. The molecule has 16 heavy (non-hydrogen) atoms. The molecule has 0 aliphatic heterocycles. The Morgan fingerprint density at radius 2 is 2.00 bits per heavy atom. The first kappa shape index (κ1) is 10.7. The summed E-state index contributed by atoms with van der Waals surface area (Å²) in [6.07, 6.45) is 1.44. The van der Waals surface area contributed by atoms with Gasteiger partial charge in [0, 0.05) is 18.4 Å². The van der Waals surface area contributed by atoms with Crippen molar-refractivity contribution in [2.45, 2.75) is 12.8 Å². The lowest BCUT2D eigenvalue weighted by atomic mass is 10.2. The van der Waals surface area contributed by atoms with Crippen LogP contribution in [0.5, 0.6) is 0 Å². The SMILES string of the molecule is OCCCC#Cc1ccc2ccccc2n1. The van der Waals surface area contributed by atoms with Crippen molar-refractivity contribution >= 4 is 10.9 Å². The molecule has 2 aromatic rings. The van der Waals surface area contributed by atoms with Crippen LogP contribution in [0.15, 0.2) is 36.4 Å². The minimum absolute atomic E-state index is 0.194. The molecule has 0 aliphatic rings. The number of unbranched alkanes of at least 4 members (excludes halogenated alkanes) is 1. The summed E-state index contributed by atoms with van der Waals surface area (Å²) < 4.78 is 0. The van der Waals surface area contributed by atoms with Gasteiger partial charge in [-0.2, -0.15) is 0 Å². The lowest BCUT2D eigenvalue weighted by Crippen LogP contribution is -1.84. The number of aromatic nitrogens is 1. The summed E-state index contributed by atoms with van der Waals surface area (Å²) in [5.74, 6) is 5.99. The largest absolute Gasteiger partial charge is 0.396 e. The number of rotatable bonds is 2. The normalized spacial score (nSPS) is 9.81. The maximum absolute atomic E-state index is 8.62. The highest BCUT2D eigenvalue weighted by Crippen LogP contribution is 2.10. The van der Waals surface area contributed by atoms with E-state index in [-0.39, 0.29) is 6.61 Å². The van der Waals surface area contributed by atoms with Gasteiger partial charge >= 0.3 is 0 Å². The molecule has 2 nitrogen and oxygen atoms in total. The van der Waals surface area contributed by atoms with Gasteiger partial charge in [0.05, 0.1) is 5.52 Å². The summed E-state index contributed by atoms with van der Waals surface area (Å²) in [5.41, 5.74) is 1.76. The number of benzene rings is 1. The molecule has 0 radical (unpaired) electrons. The van der Waals surface area contributed by atoms with Crippen molar-refractivity contribution in [3.8, 4) is 11.8 Å². The topological polar surface area (TPSA) is 33.1 Å². The molecule has 2 rings (SSSR count). The van der Waals surface area contributed by atoms with Gasteiger partial charge in [-0.3, -0.25) is 0 Å². The fraction of sp³-hybridized carbons (Fsp3) is 0.214. The van der Waals surface area contributed by atoms with Crippen LogP contribution < -0.4 is 0 Å². The van der Waals surface area contributed by atoms with Crippen LogP contribution in [0.1, 0.15) is 18.5 Å². The van der Waals surface area contributed by atoms with Crippen LogP contribution in [0.2, 0.25) is 0 Å². The highest BCUT2D eigenvalue weighted by atomic mass is 16.2. The Hall–Kier alpha value is -1.85. The first-order chi connectivity index (χ1) is 7.90. The molecule has 0 aliphatic carbocycles. The molecule has 0 unspecified atom stereocenters. The molecule has 1 heterocycles. The van der Waals surface area contributed by atoms with Crippen LogP contribution in [-0.2, 0) is 0 Å². The summed E-state index contributed by atoms with van der Waals surface area (Å²) in [4.78, 5) is 4.44. The van der Waals surface area contributed by atoms with Crippen molar-refractivity contribution in [2.75, 3.05) is 6.61 Å². The van der Waals surface area contributed by atoms with E-state index in [1.54, 1.807) is 0 Å². The summed E-state index contributed by atoms with van der Waals surface area (Å²) in [6.45, 7) is 0.194. The predicted octanol–water partition coefficient (Wildman–Crippen LogP) is 2.36. The van der Waals surface area contributed by atoms with Crippen LogP contribution in [-0.4, -0.2) is 16.7 Å². The zero-order valence-corrected chi connectivity index (χ0v) is 8.98. The lowest BCUT2D eigenvalue weighted by molar-refractivity contribution is 0.290. The van der Waals surface area contributed by atoms with Gasteiger partial charge in [-0.1, -0.05) is 30.2 Å². The van der Waals surface area contributed by atoms with Gasteiger partial charge in [0.2, 0.25) is 0 Å². The Balaban J connectivity index is 2.21. The van der Waals surface area contributed by atoms with Gasteiger partial charge in [0.25, 0.3) is 0 Å². The first-order valence-corrected chi connectivity index (χ1v) is 5.36. The Bertz CT molecular complexity index is 537. The maximum atomic E-state index is 8.62. The van der Waals surface area contributed by atoms with Gasteiger partial charge < -0.3 is 5.11 Å². The highest BCUT2D eigenvalue weighted by Gasteiger charge is 1.93. The molecule has 1 aromatic carbocycles. The van der Waals surface area contributed by atoms with Gasteiger partial charge in [-0.25, -0.2) is 4.98 Å². The third-order valence-corrected chi connectivity index (χ3v) is 2.27. The van der Waals surface area contributed by atoms with Crippen molar-refractivity contribution in [3.63, 3.8) is 0 Å². The number of hydrogen-bond donors (Lipinski definition) is 1. The minimum Gasteiger partial charge on any atom is -0.396 e. The van der Waals surface area contributed by atoms with E-state index in [0.717, 1.165) is 23.0 Å². The fourth-order valence-corrected chi connectivity index (χ4v) is 1.46. The monoisotopic (exact) mass is 211 g/mol. The summed E-state index contributed by atoms with van der Waals surface area (Å²) in [6, 6.07) is 11.9. The Labute approximate surface area is 95.0 Å². The number of hydrogen-bond acceptors (Lipinski definition) is 2. The molecule has 0 amide bonds. The summed E-state index contributed by atoms with van der Waals surface area (Å²) >= 11 is 0. The molecule has 0 saturated heterocycles. The molecule has 0 saturated carbocycles. The van der Waals surface area contributed by atoms with E-state index in [1.165, 1.54) is 0 Å². The smallest absolute Gasteiger partial charge is 0.113 e. The molecule has 2 heteroatoms. The number of fused-ring (bicyclic) bond motifs is 1. The van der Waals surface area contributed by atoms with E-state index in [2.05, 4.69) is 16.8 Å². The second kappa shape index (κ2) is 5.29. The molecule has 0 bridgehead atoms. The Kier molecular flexibility index (Phi) is 3.53. The van der Waals surface area contributed by atoms with Gasteiger partial charge in [-0.15, -0.1) is 0 Å². The van der Waals surface area contributed by atoms with Gasteiger partial charge in [0.15, 0.2) is 0 Å². The molecule has 0 spiro atoms.